The minimum absolute atomic E-state index is 0.0298. The molecule has 1 amide bonds. The Morgan fingerprint density at radius 1 is 1.22 bits per heavy atom. The van der Waals surface area contributed by atoms with E-state index in [1.807, 2.05) is 42.5 Å². The van der Waals surface area contributed by atoms with Crippen LogP contribution in [0.4, 0.5) is 0 Å². The van der Waals surface area contributed by atoms with Crippen LogP contribution in [0.2, 0.25) is 0 Å². The van der Waals surface area contributed by atoms with Gasteiger partial charge in [-0.1, -0.05) is 40.6 Å². The summed E-state index contributed by atoms with van der Waals surface area (Å²) >= 11 is 0. The number of hydrogen-bond donors (Lipinski definition) is 2. The third kappa shape index (κ3) is 4.30. The Bertz CT molecular complexity index is 1000. The third-order valence-corrected chi connectivity index (χ3v) is 3.92. The minimum atomic E-state index is -0.534. The van der Waals surface area contributed by atoms with Gasteiger partial charge < -0.3 is 10.1 Å². The van der Waals surface area contributed by atoms with E-state index in [-0.39, 0.29) is 5.69 Å². The second-order valence-corrected chi connectivity index (χ2v) is 5.81. The smallest absolute Gasteiger partial charge is 0.432 e. The third-order valence-electron chi connectivity index (χ3n) is 3.92. The molecule has 8 heteroatoms. The van der Waals surface area contributed by atoms with Crippen LogP contribution in [0.15, 0.2) is 64.5 Å². The first-order chi connectivity index (χ1) is 13.1. The summed E-state index contributed by atoms with van der Waals surface area (Å²) in [6.07, 6.45) is 1.52. The Labute approximate surface area is 155 Å². The molecule has 1 heterocycles. The number of amides is 1. The van der Waals surface area contributed by atoms with Crippen molar-refractivity contribution in [3.05, 3.63) is 81.8 Å². The van der Waals surface area contributed by atoms with Crippen LogP contribution in [0.25, 0.3) is 0 Å². The molecule has 0 aliphatic carbocycles. The number of benzene rings is 2. The van der Waals surface area contributed by atoms with E-state index in [0.29, 0.717) is 6.54 Å². The van der Waals surface area contributed by atoms with Gasteiger partial charge in [0.05, 0.1) is 13.3 Å². The topological polar surface area (TPSA) is 92.4 Å². The molecule has 0 aliphatic rings. The lowest BCUT2D eigenvalue weighted by Gasteiger charge is -2.01. The maximum absolute atomic E-state index is 12.5. The van der Waals surface area contributed by atoms with Crippen LogP contribution < -0.4 is 20.3 Å². The van der Waals surface area contributed by atoms with E-state index in [1.165, 1.54) is 10.9 Å². The maximum atomic E-state index is 12.5. The van der Waals surface area contributed by atoms with E-state index in [9.17, 15) is 9.59 Å². The first kappa shape index (κ1) is 18.1. The largest absolute Gasteiger partial charge is 0.497 e. The number of aromatic nitrogens is 3. The molecule has 3 rings (SSSR count). The molecule has 0 fully saturated rings. The standard InChI is InChI=1S/C19H19N5O3/c1-23-17(18(25)20-12-14-6-4-3-5-7-14)19(26)24(22-23)21-13-15-8-10-16(27-2)11-9-15/h3-11,13H,12H2,1-2H3,(H-,20,22,25,26)/p+1/b21-13-. The van der Waals surface area contributed by atoms with Gasteiger partial charge in [-0.05, 0) is 35.4 Å². The summed E-state index contributed by atoms with van der Waals surface area (Å²) in [6, 6.07) is 16.7. The summed E-state index contributed by atoms with van der Waals surface area (Å²) in [5.74, 6) is 0.258. The average molecular weight is 366 g/mol. The van der Waals surface area contributed by atoms with Crippen LogP contribution in [-0.2, 0) is 13.6 Å². The van der Waals surface area contributed by atoms with E-state index in [0.717, 1.165) is 21.7 Å². The van der Waals surface area contributed by atoms with E-state index in [4.69, 9.17) is 4.74 Å². The molecule has 0 aliphatic heterocycles. The molecule has 3 aromatic rings. The van der Waals surface area contributed by atoms with Crippen molar-refractivity contribution < 1.29 is 14.2 Å². The number of nitrogens with zero attached hydrogens (tertiary/aromatic N) is 3. The van der Waals surface area contributed by atoms with Crippen LogP contribution in [-0.4, -0.2) is 29.2 Å². The molecule has 138 valence electrons. The number of methoxy groups -OCH3 is 1. The number of carbonyl (C=O) groups excluding carboxylic acids is 1. The van der Waals surface area contributed by atoms with Gasteiger partial charge in [0.25, 0.3) is 0 Å². The second-order valence-electron chi connectivity index (χ2n) is 5.81. The Hall–Kier alpha value is -3.68. The van der Waals surface area contributed by atoms with Crippen LogP contribution in [0.5, 0.6) is 5.75 Å². The fourth-order valence-electron chi connectivity index (χ4n) is 2.49. The molecule has 1 aromatic heterocycles. The SMILES string of the molecule is COc1ccc(/C=N\n2[nH][n+](C)c(C(=O)NCc3ccccc3)c2=O)cc1. The number of H-pyrrole nitrogens is 1. The number of ether oxygens (including phenoxy) is 1. The lowest BCUT2D eigenvalue weighted by molar-refractivity contribution is -0.734. The predicted molar refractivity (Wildman–Crippen MR) is 99.8 cm³/mol. The van der Waals surface area contributed by atoms with Gasteiger partial charge in [-0.25, -0.2) is 4.79 Å². The number of carbonyl (C=O) groups is 1. The number of nitrogens with one attached hydrogen (secondary N) is 2. The van der Waals surface area contributed by atoms with Crippen molar-refractivity contribution in [2.75, 3.05) is 7.11 Å². The van der Waals surface area contributed by atoms with Crippen LogP contribution >= 0.6 is 0 Å². The monoisotopic (exact) mass is 366 g/mol. The number of hydrogen-bond acceptors (Lipinski definition) is 4. The van der Waals surface area contributed by atoms with Crippen molar-refractivity contribution in [1.29, 1.82) is 0 Å². The Balaban J connectivity index is 1.74. The van der Waals surface area contributed by atoms with Crippen molar-refractivity contribution >= 4 is 12.1 Å². The average Bonchev–Trinajstić information content (AvgIpc) is 2.99. The van der Waals surface area contributed by atoms with Gasteiger partial charge in [-0.3, -0.25) is 4.79 Å². The van der Waals surface area contributed by atoms with Crippen LogP contribution in [0.1, 0.15) is 21.6 Å². The van der Waals surface area contributed by atoms with Gasteiger partial charge in [0.15, 0.2) is 0 Å². The quantitative estimate of drug-likeness (QED) is 0.500. The number of rotatable bonds is 6. The molecule has 2 N–H and O–H groups in total. The first-order valence-electron chi connectivity index (χ1n) is 8.30. The minimum Gasteiger partial charge on any atom is -0.497 e. The van der Waals surface area contributed by atoms with Gasteiger partial charge in [0, 0.05) is 11.3 Å². The molecule has 0 saturated carbocycles. The summed E-state index contributed by atoms with van der Waals surface area (Å²) in [4.78, 5) is 25.9. The van der Waals surface area contributed by atoms with Gasteiger partial charge in [-0.2, -0.15) is 4.68 Å². The molecular weight excluding hydrogens is 346 g/mol. The van der Waals surface area contributed by atoms with E-state index in [1.54, 1.807) is 26.3 Å². The van der Waals surface area contributed by atoms with Gasteiger partial charge in [0.1, 0.15) is 12.8 Å². The highest BCUT2D eigenvalue weighted by Crippen LogP contribution is 2.09. The highest BCUT2D eigenvalue weighted by atomic mass is 16.5. The van der Waals surface area contributed by atoms with Crippen LogP contribution in [0, 0.1) is 0 Å². The fraction of sp³-hybridized carbons (Fsp3) is 0.158. The van der Waals surface area contributed by atoms with Crippen molar-refractivity contribution in [2.24, 2.45) is 12.1 Å². The van der Waals surface area contributed by atoms with Crippen LogP contribution in [0.3, 0.4) is 0 Å². The number of aromatic amines is 1. The summed E-state index contributed by atoms with van der Waals surface area (Å²) in [7, 11) is 3.17. The molecular formula is C19H20N5O3+. The predicted octanol–water partition coefficient (Wildman–Crippen LogP) is 0.822. The Morgan fingerprint density at radius 2 is 1.93 bits per heavy atom. The van der Waals surface area contributed by atoms with Crippen molar-refractivity contribution in [1.82, 2.24) is 15.3 Å². The zero-order valence-electron chi connectivity index (χ0n) is 15.0. The Morgan fingerprint density at radius 3 is 2.59 bits per heavy atom. The molecule has 0 spiro atoms. The van der Waals surface area contributed by atoms with Crippen molar-refractivity contribution in [3.63, 3.8) is 0 Å². The molecule has 8 nitrogen and oxygen atoms in total. The zero-order valence-corrected chi connectivity index (χ0v) is 15.0. The zero-order chi connectivity index (χ0) is 19.2. The lowest BCUT2D eigenvalue weighted by atomic mass is 10.2. The fourth-order valence-corrected chi connectivity index (χ4v) is 2.49. The summed E-state index contributed by atoms with van der Waals surface area (Å²) in [6.45, 7) is 0.333. The normalized spacial score (nSPS) is 10.9. The highest BCUT2D eigenvalue weighted by Gasteiger charge is 2.26. The molecule has 0 bridgehead atoms. The Kier molecular flexibility index (Phi) is 5.46. The summed E-state index contributed by atoms with van der Waals surface area (Å²) < 4.78 is 6.44. The molecule has 0 radical (unpaired) electrons. The van der Waals surface area contributed by atoms with Crippen molar-refractivity contribution in [2.45, 2.75) is 6.54 Å². The van der Waals surface area contributed by atoms with Gasteiger partial charge >= 0.3 is 17.2 Å². The summed E-state index contributed by atoms with van der Waals surface area (Å²) in [5, 5.41) is 9.56. The summed E-state index contributed by atoms with van der Waals surface area (Å²) in [5.41, 5.74) is 1.17. The van der Waals surface area contributed by atoms with E-state index in [2.05, 4.69) is 15.6 Å². The van der Waals surface area contributed by atoms with E-state index < -0.39 is 11.5 Å². The number of aryl methyl sites for hydroxylation is 1. The van der Waals surface area contributed by atoms with Gasteiger partial charge in [0.2, 0.25) is 0 Å². The molecule has 0 unspecified atom stereocenters. The highest BCUT2D eigenvalue weighted by molar-refractivity contribution is 5.90. The maximum Gasteiger partial charge on any atom is 0.432 e. The van der Waals surface area contributed by atoms with Gasteiger partial charge in [-0.15, -0.1) is 0 Å². The van der Waals surface area contributed by atoms with E-state index >= 15 is 0 Å². The molecule has 0 atom stereocenters. The molecule has 0 saturated heterocycles. The molecule has 27 heavy (non-hydrogen) atoms. The lowest BCUT2D eigenvalue weighted by Crippen LogP contribution is -2.43. The molecule has 2 aromatic carbocycles. The second kappa shape index (κ2) is 8.13. The van der Waals surface area contributed by atoms with Crippen molar-refractivity contribution in [3.8, 4) is 5.75 Å². The first-order valence-corrected chi connectivity index (χ1v) is 8.30.